The molecule has 0 aromatic heterocycles. The molecular formula is C32H43N3O3. The molecule has 0 spiro atoms. The van der Waals surface area contributed by atoms with Crippen LogP contribution in [0.5, 0.6) is 11.5 Å². The summed E-state index contributed by atoms with van der Waals surface area (Å²) in [7, 11) is 0. The quantitative estimate of drug-likeness (QED) is 0.207. The molecule has 1 saturated heterocycles. The lowest BCUT2D eigenvalue weighted by atomic mass is 9.95. The van der Waals surface area contributed by atoms with Crippen LogP contribution in [-0.2, 0) is 6.42 Å². The summed E-state index contributed by atoms with van der Waals surface area (Å²) in [5, 5.41) is 13.2. The van der Waals surface area contributed by atoms with E-state index in [1.54, 1.807) is 0 Å². The molecule has 204 valence electrons. The summed E-state index contributed by atoms with van der Waals surface area (Å²) < 4.78 is 12.3. The van der Waals surface area contributed by atoms with E-state index in [2.05, 4.69) is 66.5 Å². The first-order valence-electron chi connectivity index (χ1n) is 13.9. The molecule has 3 aromatic carbocycles. The van der Waals surface area contributed by atoms with Crippen LogP contribution < -0.4 is 20.5 Å². The molecule has 0 aliphatic carbocycles. The van der Waals surface area contributed by atoms with Crippen molar-refractivity contribution in [3.63, 3.8) is 0 Å². The van der Waals surface area contributed by atoms with Crippen molar-refractivity contribution in [3.05, 3.63) is 77.4 Å². The van der Waals surface area contributed by atoms with Crippen molar-refractivity contribution in [2.45, 2.75) is 45.6 Å². The fourth-order valence-corrected chi connectivity index (χ4v) is 5.03. The van der Waals surface area contributed by atoms with Gasteiger partial charge in [-0.3, -0.25) is 0 Å². The number of nitrogens with one attached hydrogen (secondary N) is 1. The van der Waals surface area contributed by atoms with Gasteiger partial charge in [-0.1, -0.05) is 36.4 Å². The average molecular weight is 518 g/mol. The number of nitrogens with two attached hydrogens (primary N) is 1. The highest BCUT2D eigenvalue weighted by atomic mass is 16.5. The molecule has 1 heterocycles. The first kappa shape index (κ1) is 28.0. The van der Waals surface area contributed by atoms with Crippen molar-refractivity contribution in [2.75, 3.05) is 51.7 Å². The van der Waals surface area contributed by atoms with Crippen molar-refractivity contribution in [2.24, 2.45) is 0 Å². The SMILES string of the molecule is Cc1c(OCCCNCCc2ccc(N)cc2)cccc1-c1cccc(OCCCN2CCC(O)C2)c1C. The number of nitrogen functional groups attached to an aromatic ring is 1. The van der Waals surface area contributed by atoms with Crippen molar-refractivity contribution < 1.29 is 14.6 Å². The Morgan fingerprint density at radius 1 is 0.868 bits per heavy atom. The fourth-order valence-electron chi connectivity index (χ4n) is 5.03. The Hall–Kier alpha value is -3.06. The van der Waals surface area contributed by atoms with Gasteiger partial charge in [0.15, 0.2) is 0 Å². The summed E-state index contributed by atoms with van der Waals surface area (Å²) >= 11 is 0. The van der Waals surface area contributed by atoms with Gasteiger partial charge in [-0.15, -0.1) is 0 Å². The maximum atomic E-state index is 9.70. The lowest BCUT2D eigenvalue weighted by Gasteiger charge is -2.18. The zero-order valence-electron chi connectivity index (χ0n) is 22.9. The van der Waals surface area contributed by atoms with Crippen LogP contribution in [-0.4, -0.2) is 62.0 Å². The standard InChI is InChI=1S/C32H43N3O3/c1-24-29(30-8-4-10-32(25(30)2)38-22-6-19-35-20-16-28(36)23-35)7-3-9-31(24)37-21-5-17-34-18-15-26-11-13-27(33)14-12-26/h3-4,7-14,28,34,36H,5-6,15-23,33H2,1-2H3. The van der Waals surface area contributed by atoms with Gasteiger partial charge in [0.05, 0.1) is 19.3 Å². The number of benzene rings is 3. The molecule has 38 heavy (non-hydrogen) atoms. The molecule has 0 saturated carbocycles. The minimum atomic E-state index is -0.166. The third-order valence-electron chi connectivity index (χ3n) is 7.31. The lowest BCUT2D eigenvalue weighted by molar-refractivity contribution is 0.173. The smallest absolute Gasteiger partial charge is 0.122 e. The molecule has 0 bridgehead atoms. The molecule has 6 heteroatoms. The minimum absolute atomic E-state index is 0.166. The number of ether oxygens (including phenoxy) is 2. The van der Waals surface area contributed by atoms with Crippen molar-refractivity contribution in [1.82, 2.24) is 10.2 Å². The Morgan fingerprint density at radius 3 is 2.11 bits per heavy atom. The number of hydrogen-bond donors (Lipinski definition) is 3. The molecule has 1 fully saturated rings. The van der Waals surface area contributed by atoms with Gasteiger partial charge in [0.1, 0.15) is 11.5 Å². The van der Waals surface area contributed by atoms with Gasteiger partial charge in [0.2, 0.25) is 0 Å². The molecule has 6 nitrogen and oxygen atoms in total. The van der Waals surface area contributed by atoms with Crippen molar-refractivity contribution in [1.29, 1.82) is 0 Å². The molecule has 1 unspecified atom stereocenters. The van der Waals surface area contributed by atoms with Gasteiger partial charge in [0, 0.05) is 25.3 Å². The Balaban J connectivity index is 1.23. The summed E-state index contributed by atoms with van der Waals surface area (Å²) in [5.41, 5.74) is 12.5. The summed E-state index contributed by atoms with van der Waals surface area (Å²) in [6, 6.07) is 20.6. The van der Waals surface area contributed by atoms with Crippen LogP contribution in [0.3, 0.4) is 0 Å². The normalized spacial score (nSPS) is 15.6. The second kappa shape index (κ2) is 14.2. The van der Waals surface area contributed by atoms with Gasteiger partial charge >= 0.3 is 0 Å². The summed E-state index contributed by atoms with van der Waals surface area (Å²) in [4.78, 5) is 2.31. The van der Waals surface area contributed by atoms with E-state index >= 15 is 0 Å². The number of aliphatic hydroxyl groups excluding tert-OH is 1. The Labute approximate surface area is 227 Å². The monoisotopic (exact) mass is 517 g/mol. The van der Waals surface area contributed by atoms with Gasteiger partial charge in [-0.05, 0) is 105 Å². The third-order valence-corrected chi connectivity index (χ3v) is 7.31. The molecule has 1 aliphatic rings. The molecule has 0 radical (unpaired) electrons. The maximum Gasteiger partial charge on any atom is 0.122 e. The number of aliphatic hydroxyl groups is 1. The number of β-amino-alcohol motifs (C(OH)–C–C–N with tert-alkyl or cyclic N) is 1. The largest absolute Gasteiger partial charge is 0.493 e. The molecule has 0 amide bonds. The first-order valence-corrected chi connectivity index (χ1v) is 13.9. The maximum absolute atomic E-state index is 9.70. The topological polar surface area (TPSA) is 80.0 Å². The Kier molecular flexibility index (Phi) is 10.4. The molecule has 4 N–H and O–H groups in total. The molecule has 4 rings (SSSR count). The number of likely N-dealkylation sites (tertiary alicyclic amines) is 1. The Morgan fingerprint density at radius 2 is 1.50 bits per heavy atom. The Bertz CT molecular complexity index is 1150. The van der Waals surface area contributed by atoms with Gasteiger partial charge in [0.25, 0.3) is 0 Å². The summed E-state index contributed by atoms with van der Waals surface area (Å²) in [5.74, 6) is 1.86. The second-order valence-corrected chi connectivity index (χ2v) is 10.2. The van der Waals surface area contributed by atoms with E-state index < -0.39 is 0 Å². The zero-order chi connectivity index (χ0) is 26.7. The minimum Gasteiger partial charge on any atom is -0.493 e. The highest BCUT2D eigenvalue weighted by molar-refractivity contribution is 5.74. The van der Waals surface area contributed by atoms with Crippen LogP contribution >= 0.6 is 0 Å². The molecule has 1 aliphatic heterocycles. The van der Waals surface area contributed by atoms with Crippen molar-refractivity contribution >= 4 is 5.69 Å². The first-order chi connectivity index (χ1) is 18.5. The number of nitrogens with zero attached hydrogens (tertiary/aromatic N) is 1. The zero-order valence-corrected chi connectivity index (χ0v) is 22.9. The third kappa shape index (κ3) is 7.97. The van der Waals surface area contributed by atoms with E-state index in [0.29, 0.717) is 13.2 Å². The summed E-state index contributed by atoms with van der Waals surface area (Å²) in [6.45, 7) is 10.2. The van der Waals surface area contributed by atoms with E-state index in [1.165, 1.54) is 16.7 Å². The average Bonchev–Trinajstić information content (AvgIpc) is 3.34. The highest BCUT2D eigenvalue weighted by Crippen LogP contribution is 2.35. The van der Waals surface area contributed by atoms with Gasteiger partial charge < -0.3 is 30.5 Å². The predicted octanol–water partition coefficient (Wildman–Crippen LogP) is 4.99. The van der Waals surface area contributed by atoms with Crippen molar-refractivity contribution in [3.8, 4) is 22.6 Å². The number of hydrogen-bond acceptors (Lipinski definition) is 6. The van der Waals surface area contributed by atoms with Crippen LogP contribution in [0, 0.1) is 13.8 Å². The van der Waals surface area contributed by atoms with E-state index in [4.69, 9.17) is 15.2 Å². The van der Waals surface area contributed by atoms with E-state index in [-0.39, 0.29) is 6.10 Å². The van der Waals surface area contributed by atoms with Crippen LogP contribution in [0.2, 0.25) is 0 Å². The molecule has 3 aromatic rings. The second-order valence-electron chi connectivity index (χ2n) is 10.2. The highest BCUT2D eigenvalue weighted by Gasteiger charge is 2.19. The van der Waals surface area contributed by atoms with E-state index in [0.717, 1.165) is 86.7 Å². The van der Waals surface area contributed by atoms with E-state index in [9.17, 15) is 5.11 Å². The van der Waals surface area contributed by atoms with Crippen LogP contribution in [0.1, 0.15) is 36.0 Å². The lowest BCUT2D eigenvalue weighted by Crippen LogP contribution is -2.24. The molecular weight excluding hydrogens is 474 g/mol. The van der Waals surface area contributed by atoms with Crippen LogP contribution in [0.25, 0.3) is 11.1 Å². The van der Waals surface area contributed by atoms with Crippen LogP contribution in [0.4, 0.5) is 5.69 Å². The predicted molar refractivity (Wildman–Crippen MR) is 156 cm³/mol. The van der Waals surface area contributed by atoms with Gasteiger partial charge in [-0.2, -0.15) is 0 Å². The molecule has 1 atom stereocenters. The summed E-state index contributed by atoms with van der Waals surface area (Å²) in [6.07, 6.45) is 3.61. The number of anilines is 1. The van der Waals surface area contributed by atoms with Gasteiger partial charge in [-0.25, -0.2) is 0 Å². The number of rotatable bonds is 14. The van der Waals surface area contributed by atoms with E-state index in [1.807, 2.05) is 18.2 Å². The van der Waals surface area contributed by atoms with Crippen LogP contribution in [0.15, 0.2) is 60.7 Å². The fraction of sp³-hybridized carbons (Fsp3) is 0.438.